The Hall–Kier alpha value is -0.530. The molecule has 0 aliphatic heterocycles. The molecule has 0 saturated carbocycles. The smallest absolute Gasteiger partial charge is 1.00 e. The van der Waals surface area contributed by atoms with Gasteiger partial charge in [-0.15, -0.1) is 33.7 Å². The van der Waals surface area contributed by atoms with Gasteiger partial charge in [0.05, 0.1) is 0 Å². The molecule has 0 atom stereocenters. The Morgan fingerprint density at radius 2 is 1.47 bits per heavy atom. The van der Waals surface area contributed by atoms with Crippen LogP contribution in [0.15, 0.2) is 54.6 Å². The molecular formula is C28H35Cl2SiZr-. The first-order valence-electron chi connectivity index (χ1n) is 10.9. The summed E-state index contributed by atoms with van der Waals surface area (Å²) in [5, 5.41) is 5.54. The van der Waals surface area contributed by atoms with Crippen molar-refractivity contribution < 1.29 is 48.1 Å². The average molecular weight is 562 g/mol. The first kappa shape index (κ1) is 29.5. The molecule has 0 fully saturated rings. The number of rotatable bonds is 1. The SMILES string of the molecule is CC(C)(C)c1ccc2c(c1)[cH-]c1c(C3=CC=CC3)c(C(C)(C)C)ccc12.C[Si](C)=[Zr+2].[Cl-].[Cl-]. The normalized spacial score (nSPS) is 13.2. The largest absolute Gasteiger partial charge is 1.00 e. The Labute approximate surface area is 222 Å². The zero-order valence-electron chi connectivity index (χ0n) is 20.7. The molecule has 0 saturated heterocycles. The van der Waals surface area contributed by atoms with Gasteiger partial charge in [-0.3, -0.25) is 0 Å². The minimum absolute atomic E-state index is 0. The van der Waals surface area contributed by atoms with Gasteiger partial charge in [-0.2, -0.15) is 0 Å². The van der Waals surface area contributed by atoms with Crippen LogP contribution in [0.1, 0.15) is 64.7 Å². The van der Waals surface area contributed by atoms with E-state index in [1.54, 1.807) is 23.3 Å². The zero-order valence-corrected chi connectivity index (χ0v) is 25.6. The van der Waals surface area contributed by atoms with Gasteiger partial charge < -0.3 is 24.8 Å². The van der Waals surface area contributed by atoms with Crippen LogP contribution in [-0.2, 0) is 34.2 Å². The number of hydrogen-bond donors (Lipinski definition) is 0. The zero-order chi connectivity index (χ0) is 22.3. The van der Waals surface area contributed by atoms with Crippen LogP contribution >= 0.6 is 0 Å². The fourth-order valence-corrected chi connectivity index (χ4v) is 4.16. The van der Waals surface area contributed by atoms with Crippen molar-refractivity contribution in [2.24, 2.45) is 0 Å². The van der Waals surface area contributed by atoms with E-state index < -0.39 is 0 Å². The summed E-state index contributed by atoms with van der Waals surface area (Å²) in [6, 6.07) is 14.1. The maximum absolute atomic E-state index is 2.42. The molecule has 4 heteroatoms. The molecule has 0 heterocycles. The molecule has 3 aromatic carbocycles. The third-order valence-corrected chi connectivity index (χ3v) is 5.65. The molecule has 0 bridgehead atoms. The Balaban J connectivity index is 0.000000790. The molecule has 0 radical (unpaired) electrons. The third kappa shape index (κ3) is 6.53. The fraction of sp³-hybridized carbons (Fsp3) is 0.393. The van der Waals surface area contributed by atoms with Gasteiger partial charge in [0.25, 0.3) is 0 Å². The van der Waals surface area contributed by atoms with Crippen molar-refractivity contribution in [1.82, 2.24) is 0 Å². The van der Waals surface area contributed by atoms with Gasteiger partial charge >= 0.3 is 41.9 Å². The number of halogens is 2. The quantitative estimate of drug-likeness (QED) is 0.316. The van der Waals surface area contributed by atoms with Crippen molar-refractivity contribution in [3.8, 4) is 0 Å². The molecule has 1 aliphatic rings. The molecule has 0 nitrogen and oxygen atoms in total. The molecular weight excluding hydrogens is 527 g/mol. The Morgan fingerprint density at radius 3 is 1.97 bits per heavy atom. The van der Waals surface area contributed by atoms with Gasteiger partial charge in [0.2, 0.25) is 0 Å². The number of fused-ring (bicyclic) bond motifs is 3. The summed E-state index contributed by atoms with van der Waals surface area (Å²) in [5.74, 6) is 0. The average Bonchev–Trinajstić information content (AvgIpc) is 3.25. The second kappa shape index (κ2) is 11.3. The molecule has 0 spiro atoms. The number of benzene rings is 2. The van der Waals surface area contributed by atoms with E-state index >= 15 is 0 Å². The van der Waals surface area contributed by atoms with E-state index in [-0.39, 0.29) is 41.1 Å². The van der Waals surface area contributed by atoms with Crippen LogP contribution in [0.5, 0.6) is 0 Å². The molecule has 32 heavy (non-hydrogen) atoms. The van der Waals surface area contributed by atoms with Crippen molar-refractivity contribution >= 4 is 32.6 Å². The van der Waals surface area contributed by atoms with E-state index in [2.05, 4.69) is 109 Å². The molecule has 0 aromatic heterocycles. The first-order chi connectivity index (χ1) is 13.9. The minimum atomic E-state index is 0. The summed E-state index contributed by atoms with van der Waals surface area (Å²) in [6.45, 7) is 18.4. The fourth-order valence-electron chi connectivity index (χ4n) is 4.16. The summed E-state index contributed by atoms with van der Waals surface area (Å²) in [7, 11) is 0. The molecule has 0 amide bonds. The van der Waals surface area contributed by atoms with Crippen LogP contribution in [0.25, 0.3) is 27.1 Å². The van der Waals surface area contributed by atoms with Gasteiger partial charge in [0, 0.05) is 0 Å². The Morgan fingerprint density at radius 1 is 0.875 bits per heavy atom. The van der Waals surface area contributed by atoms with Crippen molar-refractivity contribution in [1.29, 1.82) is 0 Å². The van der Waals surface area contributed by atoms with Crippen LogP contribution in [-0.4, -0.2) is 5.43 Å². The predicted molar refractivity (Wildman–Crippen MR) is 134 cm³/mol. The van der Waals surface area contributed by atoms with Crippen molar-refractivity contribution in [3.63, 3.8) is 0 Å². The van der Waals surface area contributed by atoms with Crippen LogP contribution in [0.3, 0.4) is 0 Å². The Kier molecular flexibility index (Phi) is 10.4. The summed E-state index contributed by atoms with van der Waals surface area (Å²) >= 11 is 1.74. The predicted octanol–water partition coefficient (Wildman–Crippen LogP) is 2.44. The maximum Gasteiger partial charge on any atom is -1.00 e. The van der Waals surface area contributed by atoms with Crippen LogP contribution in [0.2, 0.25) is 13.1 Å². The van der Waals surface area contributed by atoms with Gasteiger partial charge in [-0.25, -0.2) is 0 Å². The topological polar surface area (TPSA) is 0 Å². The molecule has 4 rings (SSSR count). The molecule has 170 valence electrons. The minimum Gasteiger partial charge on any atom is -1.00 e. The van der Waals surface area contributed by atoms with Gasteiger partial charge in [-0.1, -0.05) is 106 Å². The second-order valence-corrected chi connectivity index (χ2v) is 20.1. The van der Waals surface area contributed by atoms with Gasteiger partial charge in [0.15, 0.2) is 0 Å². The van der Waals surface area contributed by atoms with Crippen LogP contribution < -0.4 is 24.8 Å². The molecule has 3 aromatic rings. The summed E-state index contributed by atoms with van der Waals surface area (Å²) in [4.78, 5) is 0. The van der Waals surface area contributed by atoms with Gasteiger partial charge in [-0.05, 0) is 17.3 Å². The van der Waals surface area contributed by atoms with Crippen LogP contribution in [0, 0.1) is 0 Å². The van der Waals surface area contributed by atoms with E-state index in [1.165, 1.54) is 43.8 Å². The summed E-state index contributed by atoms with van der Waals surface area (Å²) < 4.78 is 0. The molecule has 1 aliphatic carbocycles. The summed E-state index contributed by atoms with van der Waals surface area (Å²) in [5.41, 5.74) is 6.27. The number of allylic oxidation sites excluding steroid dienone is 4. The second-order valence-electron chi connectivity index (χ2n) is 10.7. The monoisotopic (exact) mass is 559 g/mol. The maximum atomic E-state index is 2.42. The Bertz CT molecular complexity index is 1160. The van der Waals surface area contributed by atoms with E-state index in [9.17, 15) is 0 Å². The third-order valence-electron chi connectivity index (χ3n) is 5.65. The first-order valence-corrected chi connectivity index (χ1v) is 17.1. The number of hydrogen-bond acceptors (Lipinski definition) is 0. The standard InChI is InChI=1S/C26H29.C2H6Si.2ClH.Zr/c1-25(2,3)19-11-12-20-18(15-19)16-22-21(20)13-14-23(26(4,5)6)24(22)17-9-7-8-10-17;1-3-2;;;/h7-9,11-16H,10H2,1-6H3;1-2H3;2*1H;/q-1;;;;+2/p-2. The van der Waals surface area contributed by atoms with Crippen molar-refractivity contribution in [2.75, 3.05) is 0 Å². The van der Waals surface area contributed by atoms with E-state index in [1.807, 2.05) is 0 Å². The van der Waals surface area contributed by atoms with E-state index in [0.29, 0.717) is 0 Å². The molecule has 0 N–H and O–H groups in total. The van der Waals surface area contributed by atoms with Crippen molar-refractivity contribution in [3.05, 3.63) is 71.3 Å². The van der Waals surface area contributed by atoms with Crippen LogP contribution in [0.4, 0.5) is 0 Å². The van der Waals surface area contributed by atoms with E-state index in [4.69, 9.17) is 0 Å². The molecule has 0 unspecified atom stereocenters. The van der Waals surface area contributed by atoms with Gasteiger partial charge in [0.1, 0.15) is 0 Å². The van der Waals surface area contributed by atoms with Crippen molar-refractivity contribution in [2.45, 2.75) is 71.9 Å². The van der Waals surface area contributed by atoms with E-state index in [0.717, 1.165) is 6.42 Å². The summed E-state index contributed by atoms with van der Waals surface area (Å²) in [6.07, 6.45) is 7.79.